The molecule has 0 aliphatic heterocycles. The molecule has 3 rings (SSSR count). The van der Waals surface area contributed by atoms with Crippen molar-refractivity contribution in [3.05, 3.63) is 81.6 Å². The molecule has 0 aliphatic carbocycles. The van der Waals surface area contributed by atoms with Crippen molar-refractivity contribution in [1.82, 2.24) is 4.57 Å². The van der Waals surface area contributed by atoms with Gasteiger partial charge in [0.25, 0.3) is 5.56 Å². The lowest BCUT2D eigenvalue weighted by molar-refractivity contribution is 0.0690. The molecule has 0 aliphatic rings. The second-order valence-corrected chi connectivity index (χ2v) is 7.21. The molecule has 30 heavy (non-hydrogen) atoms. The van der Waals surface area contributed by atoms with E-state index in [1.165, 1.54) is 7.11 Å². The Labute approximate surface area is 176 Å². The number of carboxylic acid groups (broad SMARTS) is 1. The molecule has 6 nitrogen and oxygen atoms in total. The van der Waals surface area contributed by atoms with E-state index in [1.807, 2.05) is 80.5 Å². The summed E-state index contributed by atoms with van der Waals surface area (Å²) in [6.07, 6.45) is 0.517. The fourth-order valence-electron chi connectivity index (χ4n) is 3.66. The smallest absolute Gasteiger partial charge is 0.345 e. The summed E-state index contributed by atoms with van der Waals surface area (Å²) in [4.78, 5) is 27.3. The van der Waals surface area contributed by atoms with Crippen molar-refractivity contribution in [1.29, 1.82) is 0 Å². The Morgan fingerprint density at radius 3 is 2.20 bits per heavy atom. The van der Waals surface area contributed by atoms with Crippen molar-refractivity contribution in [3.63, 3.8) is 0 Å². The van der Waals surface area contributed by atoms with Crippen LogP contribution in [0, 0.1) is 0 Å². The molecule has 3 aromatic rings. The van der Waals surface area contributed by atoms with Gasteiger partial charge < -0.3 is 19.3 Å². The van der Waals surface area contributed by atoms with Crippen LogP contribution < -0.4 is 15.2 Å². The van der Waals surface area contributed by atoms with Crippen molar-refractivity contribution in [2.45, 2.75) is 19.9 Å². The Morgan fingerprint density at radius 1 is 1.07 bits per heavy atom. The minimum atomic E-state index is -1.29. The number of methoxy groups -OCH3 is 1. The van der Waals surface area contributed by atoms with E-state index in [-0.39, 0.29) is 17.9 Å². The van der Waals surface area contributed by atoms with Crippen LogP contribution in [0.5, 0.6) is 5.75 Å². The van der Waals surface area contributed by atoms with Crippen LogP contribution in [0.25, 0.3) is 11.3 Å². The van der Waals surface area contributed by atoms with Crippen LogP contribution in [0.3, 0.4) is 0 Å². The molecule has 0 saturated heterocycles. The lowest BCUT2D eigenvalue weighted by Gasteiger charge is -2.22. The number of benzene rings is 2. The lowest BCUT2D eigenvalue weighted by atomic mass is 9.98. The fourth-order valence-corrected chi connectivity index (χ4v) is 3.66. The van der Waals surface area contributed by atoms with Gasteiger partial charge in [0, 0.05) is 25.3 Å². The minimum Gasteiger partial charge on any atom is -0.495 e. The quantitative estimate of drug-likeness (QED) is 0.644. The predicted octanol–water partition coefficient (Wildman–Crippen LogP) is 3.90. The molecule has 2 aromatic carbocycles. The standard InChI is InChI=1S/C24H26N2O4/c1-5-19-21(17-11-13-18(14-12-17)25(2)3)26(15-16-9-7-6-8-10-16)23(27)20(24(28)29)22(19)30-4/h6-14H,5,15H2,1-4H3,(H,28,29). The first-order chi connectivity index (χ1) is 14.4. The predicted molar refractivity (Wildman–Crippen MR) is 119 cm³/mol. The lowest BCUT2D eigenvalue weighted by Crippen LogP contribution is -2.30. The maximum atomic E-state index is 13.3. The van der Waals surface area contributed by atoms with E-state index in [2.05, 4.69) is 0 Å². The maximum absolute atomic E-state index is 13.3. The van der Waals surface area contributed by atoms with Gasteiger partial charge in [-0.05, 0) is 29.7 Å². The number of hydrogen-bond donors (Lipinski definition) is 1. The number of rotatable bonds is 7. The molecule has 0 bridgehead atoms. The van der Waals surface area contributed by atoms with Crippen molar-refractivity contribution >= 4 is 11.7 Å². The molecule has 0 saturated carbocycles. The molecule has 0 amide bonds. The Morgan fingerprint density at radius 2 is 1.70 bits per heavy atom. The van der Waals surface area contributed by atoms with E-state index in [0.717, 1.165) is 16.8 Å². The number of nitrogens with zero attached hydrogens (tertiary/aromatic N) is 2. The van der Waals surface area contributed by atoms with Gasteiger partial charge in [0.05, 0.1) is 19.3 Å². The number of carbonyl (C=O) groups is 1. The Hall–Kier alpha value is -3.54. The highest BCUT2D eigenvalue weighted by molar-refractivity contribution is 5.92. The highest BCUT2D eigenvalue weighted by atomic mass is 16.5. The summed E-state index contributed by atoms with van der Waals surface area (Å²) in [7, 11) is 5.33. The molecule has 0 radical (unpaired) electrons. The average molecular weight is 406 g/mol. The fraction of sp³-hybridized carbons (Fsp3) is 0.250. The van der Waals surface area contributed by atoms with Gasteiger partial charge in [0.2, 0.25) is 0 Å². The second kappa shape index (κ2) is 8.86. The van der Waals surface area contributed by atoms with Crippen LogP contribution in [0.15, 0.2) is 59.4 Å². The normalized spacial score (nSPS) is 10.7. The molecule has 1 heterocycles. The molecule has 6 heteroatoms. The number of ether oxygens (including phenoxy) is 1. The number of pyridine rings is 1. The van der Waals surface area contributed by atoms with Gasteiger partial charge in [-0.25, -0.2) is 4.79 Å². The van der Waals surface area contributed by atoms with Crippen LogP contribution in [0.1, 0.15) is 28.4 Å². The molecule has 0 fully saturated rings. The zero-order valence-electron chi connectivity index (χ0n) is 17.7. The van der Waals surface area contributed by atoms with Gasteiger partial charge in [-0.15, -0.1) is 0 Å². The second-order valence-electron chi connectivity index (χ2n) is 7.21. The number of anilines is 1. The number of carboxylic acids is 1. The Bertz CT molecular complexity index is 1100. The summed E-state index contributed by atoms with van der Waals surface area (Å²) in [5.74, 6) is -1.16. The van der Waals surface area contributed by atoms with Gasteiger partial charge in [0.15, 0.2) is 5.56 Å². The molecule has 0 atom stereocenters. The summed E-state index contributed by atoms with van der Waals surface area (Å²) in [5.41, 5.74) is 3.24. The number of aromatic nitrogens is 1. The first-order valence-electron chi connectivity index (χ1n) is 9.77. The van der Waals surface area contributed by atoms with E-state index in [0.29, 0.717) is 17.7 Å². The zero-order chi connectivity index (χ0) is 21.8. The van der Waals surface area contributed by atoms with Gasteiger partial charge in [0.1, 0.15) is 5.75 Å². The van der Waals surface area contributed by atoms with Gasteiger partial charge in [-0.1, -0.05) is 49.4 Å². The third-order valence-corrected chi connectivity index (χ3v) is 5.13. The number of aromatic carboxylic acids is 1. The van der Waals surface area contributed by atoms with Gasteiger partial charge in [-0.2, -0.15) is 0 Å². The molecule has 1 aromatic heterocycles. The summed E-state index contributed by atoms with van der Waals surface area (Å²) >= 11 is 0. The van der Waals surface area contributed by atoms with E-state index in [4.69, 9.17) is 4.74 Å². The number of hydrogen-bond acceptors (Lipinski definition) is 4. The third kappa shape index (κ3) is 3.94. The van der Waals surface area contributed by atoms with Crippen LogP contribution in [-0.4, -0.2) is 36.8 Å². The van der Waals surface area contributed by atoms with E-state index in [9.17, 15) is 14.7 Å². The van der Waals surface area contributed by atoms with Crippen LogP contribution >= 0.6 is 0 Å². The van der Waals surface area contributed by atoms with Crippen molar-refractivity contribution < 1.29 is 14.6 Å². The van der Waals surface area contributed by atoms with Gasteiger partial charge >= 0.3 is 5.97 Å². The first-order valence-corrected chi connectivity index (χ1v) is 9.77. The average Bonchev–Trinajstić information content (AvgIpc) is 2.74. The third-order valence-electron chi connectivity index (χ3n) is 5.13. The van der Waals surface area contributed by atoms with E-state index >= 15 is 0 Å². The first kappa shape index (κ1) is 21.2. The summed E-state index contributed by atoms with van der Waals surface area (Å²) < 4.78 is 6.98. The largest absolute Gasteiger partial charge is 0.495 e. The molecule has 0 spiro atoms. The minimum absolute atomic E-state index is 0.131. The van der Waals surface area contributed by atoms with Crippen molar-refractivity contribution in [2.75, 3.05) is 26.1 Å². The van der Waals surface area contributed by atoms with E-state index in [1.54, 1.807) is 4.57 Å². The van der Waals surface area contributed by atoms with Crippen molar-refractivity contribution in [3.8, 4) is 17.0 Å². The van der Waals surface area contributed by atoms with Crippen molar-refractivity contribution in [2.24, 2.45) is 0 Å². The highest BCUT2D eigenvalue weighted by Gasteiger charge is 2.26. The summed E-state index contributed by atoms with van der Waals surface area (Å²) in [6.45, 7) is 2.19. The highest BCUT2D eigenvalue weighted by Crippen LogP contribution is 2.33. The molecular formula is C24H26N2O4. The topological polar surface area (TPSA) is 71.8 Å². The SMILES string of the molecule is CCc1c(OC)c(C(=O)O)c(=O)n(Cc2ccccc2)c1-c1ccc(N(C)C)cc1. The molecule has 0 unspecified atom stereocenters. The molecule has 1 N–H and O–H groups in total. The zero-order valence-corrected chi connectivity index (χ0v) is 17.7. The molecule has 156 valence electrons. The van der Waals surface area contributed by atoms with Crippen LogP contribution in [0.4, 0.5) is 5.69 Å². The summed E-state index contributed by atoms with van der Waals surface area (Å²) in [6, 6.07) is 17.4. The summed E-state index contributed by atoms with van der Waals surface area (Å²) in [5, 5.41) is 9.75. The Kier molecular flexibility index (Phi) is 6.26. The molecular weight excluding hydrogens is 380 g/mol. The van der Waals surface area contributed by atoms with E-state index < -0.39 is 11.5 Å². The maximum Gasteiger partial charge on any atom is 0.345 e. The van der Waals surface area contributed by atoms with Gasteiger partial charge in [-0.3, -0.25) is 4.79 Å². The Balaban J connectivity index is 2.35. The van der Waals surface area contributed by atoms with Crippen LogP contribution in [-0.2, 0) is 13.0 Å². The van der Waals surface area contributed by atoms with Crippen LogP contribution in [0.2, 0.25) is 0 Å². The monoisotopic (exact) mass is 406 g/mol.